The molecule has 0 saturated carbocycles. The highest BCUT2D eigenvalue weighted by molar-refractivity contribution is 7.80. The minimum atomic E-state index is -1.69. The molecule has 5 heteroatoms. The number of hydrogen-bond donors (Lipinski definition) is 5. The van der Waals surface area contributed by atoms with Gasteiger partial charge in [-0.3, -0.25) is 0 Å². The van der Waals surface area contributed by atoms with E-state index in [1.54, 1.807) is 0 Å². The van der Waals surface area contributed by atoms with E-state index in [4.69, 9.17) is 20.4 Å². The Kier molecular flexibility index (Phi) is 5.02. The van der Waals surface area contributed by atoms with Gasteiger partial charge in [0.15, 0.2) is 12.6 Å². The molecule has 4 nitrogen and oxygen atoms in total. The van der Waals surface area contributed by atoms with Crippen LogP contribution >= 0.6 is 12.6 Å². The summed E-state index contributed by atoms with van der Waals surface area (Å²) in [5.41, 5.74) is 0. The van der Waals surface area contributed by atoms with Crippen LogP contribution in [0.4, 0.5) is 0 Å². The number of thiol groups is 1. The molecule has 0 aliphatic heterocycles. The monoisotopic (exact) mass is 168 g/mol. The summed E-state index contributed by atoms with van der Waals surface area (Å²) < 4.78 is 0. The number of hydrogen-bond acceptors (Lipinski definition) is 5. The Balaban J connectivity index is 3.73. The molecule has 62 valence electrons. The summed E-state index contributed by atoms with van der Waals surface area (Å²) in [4.78, 5) is 0. The Morgan fingerprint density at radius 1 is 1.00 bits per heavy atom. The fourth-order valence-electron chi connectivity index (χ4n) is 0.601. The van der Waals surface area contributed by atoms with Crippen molar-refractivity contribution < 1.29 is 20.4 Å². The fourth-order valence-corrected chi connectivity index (χ4v) is 0.899. The molecular weight excluding hydrogens is 156 g/mol. The van der Waals surface area contributed by atoms with Crippen LogP contribution in [0.3, 0.4) is 0 Å². The van der Waals surface area contributed by atoms with Gasteiger partial charge in [0.1, 0.15) is 0 Å². The Morgan fingerprint density at radius 3 is 1.50 bits per heavy atom. The highest BCUT2D eigenvalue weighted by atomic mass is 32.1. The zero-order valence-electron chi connectivity index (χ0n) is 5.38. The molecule has 0 bridgehead atoms. The predicted molar refractivity (Wildman–Crippen MR) is 38.4 cm³/mol. The first kappa shape index (κ1) is 10.2. The van der Waals surface area contributed by atoms with E-state index >= 15 is 0 Å². The van der Waals surface area contributed by atoms with Crippen molar-refractivity contribution >= 4 is 12.6 Å². The fraction of sp³-hybridized carbons (Fsp3) is 1.00. The molecular formula is C5H12O4S. The number of aliphatic hydroxyl groups excluding tert-OH is 2. The summed E-state index contributed by atoms with van der Waals surface area (Å²) in [6.07, 6.45) is -3.11. The maximum Gasteiger partial charge on any atom is 0.159 e. The summed E-state index contributed by atoms with van der Waals surface area (Å²) >= 11 is 3.80. The van der Waals surface area contributed by atoms with Gasteiger partial charge in [0, 0.05) is 0 Å². The van der Waals surface area contributed by atoms with Gasteiger partial charge in [0.05, 0.1) is 5.92 Å². The van der Waals surface area contributed by atoms with Crippen LogP contribution in [-0.4, -0.2) is 38.8 Å². The van der Waals surface area contributed by atoms with E-state index in [9.17, 15) is 0 Å². The SMILES string of the molecule is OC(O)C(CCS)C(O)O. The van der Waals surface area contributed by atoms with Crippen molar-refractivity contribution in [2.75, 3.05) is 5.75 Å². The van der Waals surface area contributed by atoms with Gasteiger partial charge < -0.3 is 20.4 Å². The summed E-state index contributed by atoms with van der Waals surface area (Å²) in [6, 6.07) is 0. The summed E-state index contributed by atoms with van der Waals surface area (Å²) in [5.74, 6) is -0.530. The van der Waals surface area contributed by atoms with E-state index in [0.29, 0.717) is 5.75 Å². The molecule has 0 fully saturated rings. The van der Waals surface area contributed by atoms with Crippen LogP contribution in [-0.2, 0) is 0 Å². The van der Waals surface area contributed by atoms with Gasteiger partial charge in [-0.1, -0.05) is 0 Å². The van der Waals surface area contributed by atoms with Crippen molar-refractivity contribution in [3.63, 3.8) is 0 Å². The topological polar surface area (TPSA) is 80.9 Å². The lowest BCUT2D eigenvalue weighted by Gasteiger charge is -2.19. The van der Waals surface area contributed by atoms with Crippen LogP contribution in [0, 0.1) is 5.92 Å². The molecule has 0 radical (unpaired) electrons. The van der Waals surface area contributed by atoms with Gasteiger partial charge in [-0.05, 0) is 12.2 Å². The van der Waals surface area contributed by atoms with E-state index in [1.165, 1.54) is 0 Å². The molecule has 4 N–H and O–H groups in total. The van der Waals surface area contributed by atoms with E-state index < -0.39 is 18.5 Å². The quantitative estimate of drug-likeness (QED) is 0.263. The zero-order valence-corrected chi connectivity index (χ0v) is 6.28. The van der Waals surface area contributed by atoms with Crippen LogP contribution in [0.5, 0.6) is 0 Å². The van der Waals surface area contributed by atoms with E-state index in [2.05, 4.69) is 12.6 Å². The Labute approximate surface area is 64.5 Å². The molecule has 0 aromatic rings. The van der Waals surface area contributed by atoms with Gasteiger partial charge in [-0.2, -0.15) is 12.6 Å². The van der Waals surface area contributed by atoms with Crippen LogP contribution < -0.4 is 0 Å². The smallest absolute Gasteiger partial charge is 0.159 e. The van der Waals surface area contributed by atoms with Crippen LogP contribution in [0.1, 0.15) is 6.42 Å². The van der Waals surface area contributed by atoms with Crippen LogP contribution in [0.15, 0.2) is 0 Å². The lowest BCUT2D eigenvalue weighted by atomic mass is 10.1. The average molecular weight is 168 g/mol. The third-order valence-electron chi connectivity index (χ3n) is 1.23. The first-order valence-electron chi connectivity index (χ1n) is 2.92. The third kappa shape index (κ3) is 3.38. The van der Waals surface area contributed by atoms with Gasteiger partial charge in [-0.15, -0.1) is 0 Å². The highest BCUT2D eigenvalue weighted by Gasteiger charge is 2.22. The van der Waals surface area contributed by atoms with Crippen LogP contribution in [0.2, 0.25) is 0 Å². The standard InChI is InChI=1S/C5H12O4S/c6-4(7)3(1-2-10)5(8)9/h3-10H,1-2H2. The largest absolute Gasteiger partial charge is 0.368 e. The molecule has 10 heavy (non-hydrogen) atoms. The minimum Gasteiger partial charge on any atom is -0.368 e. The Hall–Kier alpha value is 0.190. The molecule has 0 aromatic heterocycles. The van der Waals surface area contributed by atoms with Crippen LogP contribution in [0.25, 0.3) is 0 Å². The predicted octanol–water partition coefficient (Wildman–Crippen LogP) is -1.46. The summed E-state index contributed by atoms with van der Waals surface area (Å²) in [5, 5.41) is 34.1. The second-order valence-corrected chi connectivity index (χ2v) is 2.45. The van der Waals surface area contributed by atoms with Crippen molar-refractivity contribution in [2.45, 2.75) is 19.0 Å². The molecule has 0 rings (SSSR count). The second-order valence-electron chi connectivity index (χ2n) is 2.00. The zero-order chi connectivity index (χ0) is 8.15. The first-order valence-corrected chi connectivity index (χ1v) is 3.56. The normalized spacial score (nSPS) is 12.0. The minimum absolute atomic E-state index is 0.262. The molecule has 0 heterocycles. The lowest BCUT2D eigenvalue weighted by molar-refractivity contribution is -0.178. The molecule has 0 unspecified atom stereocenters. The van der Waals surface area contributed by atoms with Crippen molar-refractivity contribution in [3.8, 4) is 0 Å². The van der Waals surface area contributed by atoms with Crippen molar-refractivity contribution in [1.82, 2.24) is 0 Å². The lowest BCUT2D eigenvalue weighted by Crippen LogP contribution is -2.31. The summed E-state index contributed by atoms with van der Waals surface area (Å²) in [6.45, 7) is 0. The molecule has 0 spiro atoms. The van der Waals surface area contributed by atoms with Crippen molar-refractivity contribution in [1.29, 1.82) is 0 Å². The summed E-state index contributed by atoms with van der Waals surface area (Å²) in [7, 11) is 0. The molecule has 0 saturated heterocycles. The van der Waals surface area contributed by atoms with Gasteiger partial charge in [0.2, 0.25) is 0 Å². The third-order valence-corrected chi connectivity index (χ3v) is 1.49. The number of rotatable bonds is 4. The number of aliphatic hydroxyl groups is 4. The Bertz CT molecular complexity index is 77.7. The maximum absolute atomic E-state index is 8.52. The maximum atomic E-state index is 8.52. The molecule has 0 aromatic carbocycles. The Morgan fingerprint density at radius 2 is 1.40 bits per heavy atom. The van der Waals surface area contributed by atoms with Crippen molar-refractivity contribution in [3.05, 3.63) is 0 Å². The molecule has 0 aliphatic rings. The van der Waals surface area contributed by atoms with E-state index in [-0.39, 0.29) is 6.42 Å². The van der Waals surface area contributed by atoms with E-state index in [0.717, 1.165) is 0 Å². The molecule has 0 aliphatic carbocycles. The highest BCUT2D eigenvalue weighted by Crippen LogP contribution is 2.11. The molecule has 0 atom stereocenters. The van der Waals surface area contributed by atoms with Gasteiger partial charge >= 0.3 is 0 Å². The van der Waals surface area contributed by atoms with Crippen molar-refractivity contribution in [2.24, 2.45) is 5.92 Å². The van der Waals surface area contributed by atoms with Gasteiger partial charge in [-0.25, -0.2) is 0 Å². The average Bonchev–Trinajstić information content (AvgIpc) is 1.81. The van der Waals surface area contributed by atoms with E-state index in [1.807, 2.05) is 0 Å². The first-order chi connectivity index (χ1) is 4.59. The molecule has 0 amide bonds. The van der Waals surface area contributed by atoms with Gasteiger partial charge in [0.25, 0.3) is 0 Å². The second kappa shape index (κ2) is 4.92.